The molecule has 0 saturated heterocycles. The number of furan rings is 1. The highest BCUT2D eigenvalue weighted by Gasteiger charge is 2.18. The molecule has 0 unspecified atom stereocenters. The van der Waals surface area contributed by atoms with Gasteiger partial charge in [-0.25, -0.2) is 0 Å². The average molecular weight is 673 g/mol. The first kappa shape index (κ1) is 29.7. The third-order valence-corrected chi connectivity index (χ3v) is 11.1. The number of hydrogen-bond acceptors (Lipinski definition) is 1. The van der Waals surface area contributed by atoms with Gasteiger partial charge < -0.3 is 4.42 Å². The second-order valence-electron chi connectivity index (χ2n) is 14.0. The Morgan fingerprint density at radius 2 is 0.774 bits per heavy atom. The topological polar surface area (TPSA) is 13.1 Å². The van der Waals surface area contributed by atoms with Gasteiger partial charge in [0.15, 0.2) is 0 Å². The lowest BCUT2D eigenvalue weighted by Gasteiger charge is -2.19. The lowest BCUT2D eigenvalue weighted by Crippen LogP contribution is -1.91. The van der Waals surface area contributed by atoms with Gasteiger partial charge in [0.2, 0.25) is 0 Å². The number of para-hydroxylation sites is 2. The van der Waals surface area contributed by atoms with E-state index in [1.54, 1.807) is 0 Å². The molecule has 11 aromatic rings. The molecular formula is C52H32O. The van der Waals surface area contributed by atoms with E-state index < -0.39 is 0 Å². The lowest BCUT2D eigenvalue weighted by molar-refractivity contribution is 0.670. The van der Waals surface area contributed by atoms with Crippen LogP contribution in [-0.4, -0.2) is 0 Å². The first-order valence-corrected chi connectivity index (χ1v) is 18.3. The predicted molar refractivity (Wildman–Crippen MR) is 225 cm³/mol. The molecule has 0 fully saturated rings. The van der Waals surface area contributed by atoms with Crippen LogP contribution in [0, 0.1) is 0 Å². The van der Waals surface area contributed by atoms with E-state index in [0.717, 1.165) is 33.1 Å². The van der Waals surface area contributed by atoms with Crippen molar-refractivity contribution in [3.05, 3.63) is 194 Å². The van der Waals surface area contributed by atoms with Crippen LogP contribution in [0.1, 0.15) is 0 Å². The van der Waals surface area contributed by atoms with Crippen molar-refractivity contribution in [2.24, 2.45) is 0 Å². The second kappa shape index (κ2) is 11.8. The monoisotopic (exact) mass is 672 g/mol. The van der Waals surface area contributed by atoms with Crippen LogP contribution < -0.4 is 0 Å². The van der Waals surface area contributed by atoms with Crippen LogP contribution in [0.3, 0.4) is 0 Å². The van der Waals surface area contributed by atoms with Gasteiger partial charge in [0.05, 0.1) is 0 Å². The summed E-state index contributed by atoms with van der Waals surface area (Å²) in [6.07, 6.45) is 0. The van der Waals surface area contributed by atoms with Crippen LogP contribution in [0.15, 0.2) is 199 Å². The zero-order valence-corrected chi connectivity index (χ0v) is 28.9. The van der Waals surface area contributed by atoms with E-state index in [9.17, 15) is 0 Å². The molecule has 0 spiro atoms. The fourth-order valence-electron chi connectivity index (χ4n) is 8.68. The molecule has 0 atom stereocenters. The molecule has 0 aliphatic heterocycles. The maximum absolute atomic E-state index is 6.40. The van der Waals surface area contributed by atoms with Gasteiger partial charge in [-0.3, -0.25) is 0 Å². The van der Waals surface area contributed by atoms with E-state index in [1.807, 2.05) is 12.1 Å². The van der Waals surface area contributed by atoms with Gasteiger partial charge in [0, 0.05) is 16.3 Å². The molecule has 0 N–H and O–H groups in total. The van der Waals surface area contributed by atoms with Crippen molar-refractivity contribution in [2.75, 3.05) is 0 Å². The summed E-state index contributed by atoms with van der Waals surface area (Å²) in [5.74, 6) is 0. The molecule has 11 rings (SSSR count). The van der Waals surface area contributed by atoms with Gasteiger partial charge in [-0.2, -0.15) is 0 Å². The van der Waals surface area contributed by atoms with E-state index in [0.29, 0.717) is 0 Å². The van der Waals surface area contributed by atoms with Gasteiger partial charge in [0.1, 0.15) is 11.2 Å². The minimum atomic E-state index is 0.917. The summed E-state index contributed by atoms with van der Waals surface area (Å²) in [4.78, 5) is 0. The largest absolute Gasteiger partial charge is 0.455 e. The number of fused-ring (bicyclic) bond motifs is 8. The number of rotatable bonds is 4. The van der Waals surface area contributed by atoms with Gasteiger partial charge in [-0.05, 0) is 100 Å². The van der Waals surface area contributed by atoms with Crippen LogP contribution in [0.2, 0.25) is 0 Å². The molecule has 0 amide bonds. The Morgan fingerprint density at radius 3 is 1.49 bits per heavy atom. The molecule has 0 aliphatic carbocycles. The van der Waals surface area contributed by atoms with Gasteiger partial charge >= 0.3 is 0 Å². The molecule has 1 heteroatoms. The predicted octanol–water partition coefficient (Wildman–Crippen LogP) is 14.9. The van der Waals surface area contributed by atoms with Gasteiger partial charge in [0.25, 0.3) is 0 Å². The van der Waals surface area contributed by atoms with Crippen molar-refractivity contribution in [3.8, 4) is 44.5 Å². The van der Waals surface area contributed by atoms with E-state index in [4.69, 9.17) is 4.42 Å². The lowest BCUT2D eigenvalue weighted by atomic mass is 9.85. The highest BCUT2D eigenvalue weighted by atomic mass is 16.3. The van der Waals surface area contributed by atoms with Crippen molar-refractivity contribution in [1.82, 2.24) is 0 Å². The Labute approximate surface area is 307 Å². The molecule has 1 heterocycles. The summed E-state index contributed by atoms with van der Waals surface area (Å²) >= 11 is 0. The Balaban J connectivity index is 1.09. The summed E-state index contributed by atoms with van der Waals surface area (Å²) in [5.41, 5.74) is 11.5. The summed E-state index contributed by atoms with van der Waals surface area (Å²) < 4.78 is 6.40. The molecular weight excluding hydrogens is 641 g/mol. The van der Waals surface area contributed by atoms with Crippen LogP contribution in [0.25, 0.3) is 110 Å². The number of hydrogen-bond donors (Lipinski definition) is 0. The molecule has 1 aromatic heterocycles. The van der Waals surface area contributed by atoms with Crippen molar-refractivity contribution in [3.63, 3.8) is 0 Å². The maximum Gasteiger partial charge on any atom is 0.143 e. The Kier molecular flexibility index (Phi) is 6.62. The molecule has 0 radical (unpaired) electrons. The summed E-state index contributed by atoms with van der Waals surface area (Å²) in [7, 11) is 0. The van der Waals surface area contributed by atoms with Crippen LogP contribution in [0.5, 0.6) is 0 Å². The minimum absolute atomic E-state index is 0.917. The van der Waals surface area contributed by atoms with Crippen LogP contribution in [0.4, 0.5) is 0 Å². The third-order valence-electron chi connectivity index (χ3n) is 11.1. The van der Waals surface area contributed by atoms with E-state index in [2.05, 4.69) is 182 Å². The fraction of sp³-hybridized carbons (Fsp3) is 0. The smallest absolute Gasteiger partial charge is 0.143 e. The van der Waals surface area contributed by atoms with Gasteiger partial charge in [-0.15, -0.1) is 0 Å². The van der Waals surface area contributed by atoms with E-state index in [1.165, 1.54) is 76.5 Å². The molecule has 10 aromatic carbocycles. The molecule has 1 nitrogen and oxygen atoms in total. The van der Waals surface area contributed by atoms with E-state index >= 15 is 0 Å². The first-order chi connectivity index (χ1) is 26.3. The maximum atomic E-state index is 6.40. The Morgan fingerprint density at radius 1 is 0.264 bits per heavy atom. The first-order valence-electron chi connectivity index (χ1n) is 18.3. The summed E-state index contributed by atoms with van der Waals surface area (Å²) in [6, 6.07) is 70.6. The summed E-state index contributed by atoms with van der Waals surface area (Å²) in [5, 5.41) is 12.4. The SMILES string of the molecule is c1cc(-c2c3ccccc3c(-c3ccc(-c4cccc5c4oc4ccccc45)cc3)c3ccccc23)cc(-c2cc3ccccc3c3ccccc23)c1. The Bertz CT molecular complexity index is 3160. The highest BCUT2D eigenvalue weighted by molar-refractivity contribution is 6.22. The highest BCUT2D eigenvalue weighted by Crippen LogP contribution is 2.45. The third kappa shape index (κ3) is 4.64. The van der Waals surface area contributed by atoms with Crippen LogP contribution in [-0.2, 0) is 0 Å². The second-order valence-corrected chi connectivity index (χ2v) is 14.0. The normalized spacial score (nSPS) is 11.8. The zero-order valence-electron chi connectivity index (χ0n) is 28.9. The van der Waals surface area contributed by atoms with E-state index in [-0.39, 0.29) is 0 Å². The fourth-order valence-corrected chi connectivity index (χ4v) is 8.68. The standard InChI is InChI=1S/C52H32O/c1-2-16-38-36(13-1)32-48(41-18-4-3-17-40(38)41)35-14-11-15-37(31-35)51-45-22-7-5-20-43(45)50(44-21-6-8-23-46(44)51)34-29-27-33(28-30-34)39-24-12-25-47-42-19-9-10-26-49(42)53-52(39)47/h1-32H. The molecule has 53 heavy (non-hydrogen) atoms. The van der Waals surface area contributed by atoms with Gasteiger partial charge in [-0.1, -0.05) is 176 Å². The molecule has 0 saturated carbocycles. The Hall–Kier alpha value is -6.96. The zero-order chi connectivity index (χ0) is 34.9. The van der Waals surface area contributed by atoms with Crippen LogP contribution >= 0.6 is 0 Å². The quantitative estimate of drug-likeness (QED) is 0.134. The van der Waals surface area contributed by atoms with Crippen molar-refractivity contribution in [2.45, 2.75) is 0 Å². The van der Waals surface area contributed by atoms with Crippen molar-refractivity contribution < 1.29 is 4.42 Å². The molecule has 0 aliphatic rings. The molecule has 246 valence electrons. The molecule has 0 bridgehead atoms. The van der Waals surface area contributed by atoms with Crippen molar-refractivity contribution in [1.29, 1.82) is 0 Å². The average Bonchev–Trinajstić information content (AvgIpc) is 3.62. The number of benzene rings is 10. The minimum Gasteiger partial charge on any atom is -0.455 e. The summed E-state index contributed by atoms with van der Waals surface area (Å²) in [6.45, 7) is 0. The van der Waals surface area contributed by atoms with Crippen molar-refractivity contribution >= 4 is 65.0 Å².